The van der Waals surface area contributed by atoms with Gasteiger partial charge in [-0.25, -0.2) is 0 Å². The number of thiophene rings is 1. The van der Waals surface area contributed by atoms with Crippen LogP contribution < -0.4 is 0 Å². The number of hydrogen-bond acceptors (Lipinski definition) is 5. The van der Waals surface area contributed by atoms with Crippen LogP contribution in [0.15, 0.2) is 16.0 Å². The molecule has 2 aromatic heterocycles. The molecule has 4 rings (SSSR count). The van der Waals surface area contributed by atoms with Crippen molar-refractivity contribution in [2.24, 2.45) is 7.05 Å². The Balaban J connectivity index is 1.76. The number of alkyl halides is 3. The molecule has 1 amide bonds. The van der Waals surface area contributed by atoms with Crippen molar-refractivity contribution in [3.8, 4) is 0 Å². The number of piperidine rings is 1. The van der Waals surface area contributed by atoms with E-state index in [1.165, 1.54) is 9.56 Å². The first-order valence-electron chi connectivity index (χ1n) is 9.30. The lowest BCUT2D eigenvalue weighted by molar-refractivity contribution is -0.190. The van der Waals surface area contributed by atoms with E-state index < -0.39 is 18.1 Å². The first-order valence-corrected chi connectivity index (χ1v) is 10.9. The van der Waals surface area contributed by atoms with E-state index in [-0.39, 0.29) is 12.0 Å². The third-order valence-corrected chi connectivity index (χ3v) is 7.68. The Hall–Kier alpha value is -1.46. The summed E-state index contributed by atoms with van der Waals surface area (Å²) >= 11 is 5.19. The van der Waals surface area contributed by atoms with Crippen LogP contribution in [-0.2, 0) is 28.4 Å². The second-order valence-electron chi connectivity index (χ2n) is 7.58. The van der Waals surface area contributed by atoms with Crippen LogP contribution in [0, 0.1) is 0 Å². The molecule has 1 saturated heterocycles. The molecule has 1 spiro atoms. The number of hydrogen-bond donors (Lipinski definition) is 0. The summed E-state index contributed by atoms with van der Waals surface area (Å²) in [6, 6.07) is 1.28. The van der Waals surface area contributed by atoms with E-state index >= 15 is 0 Å². The summed E-state index contributed by atoms with van der Waals surface area (Å²) in [5, 5.41) is 7.93. The van der Waals surface area contributed by atoms with Crippen LogP contribution in [-0.4, -0.2) is 51.7 Å². The summed E-state index contributed by atoms with van der Waals surface area (Å²) in [5.74, 6) is -1.82. The van der Waals surface area contributed by atoms with Crippen molar-refractivity contribution in [3.63, 3.8) is 0 Å². The number of carbonyl (C=O) groups excluding carboxylic acids is 1. The van der Waals surface area contributed by atoms with Crippen LogP contribution in [0.2, 0.25) is 0 Å². The number of carbonyl (C=O) groups is 1. The van der Waals surface area contributed by atoms with Crippen LogP contribution in [0.4, 0.5) is 13.2 Å². The molecule has 158 valence electrons. The Kier molecular flexibility index (Phi) is 5.49. The molecule has 0 N–H and O–H groups in total. The number of ether oxygens (including phenoxy) is 1. The average Bonchev–Trinajstić information content (AvgIpc) is 3.24. The lowest BCUT2D eigenvalue weighted by atomic mass is 9.70. The van der Waals surface area contributed by atoms with Gasteiger partial charge >= 0.3 is 12.1 Å². The Bertz CT molecular complexity index is 915. The van der Waals surface area contributed by atoms with E-state index in [4.69, 9.17) is 4.74 Å². The number of aromatic nitrogens is 3. The van der Waals surface area contributed by atoms with Crippen LogP contribution in [0.1, 0.15) is 41.4 Å². The molecule has 0 radical (unpaired) electrons. The number of likely N-dealkylation sites (tertiary alicyclic amines) is 1. The number of rotatable bonds is 1. The lowest BCUT2D eigenvalue weighted by Crippen LogP contribution is -2.51. The Morgan fingerprint density at radius 1 is 1.38 bits per heavy atom. The topological polar surface area (TPSA) is 60.2 Å². The zero-order chi connectivity index (χ0) is 20.8. The Morgan fingerprint density at radius 2 is 2.17 bits per heavy atom. The SMILES string of the molecule is Cn1cc(C2CC3(CCOCCc4cc(Br)sc43)CCN2C(=O)C(F)(F)F)nn1. The zero-order valence-electron chi connectivity index (χ0n) is 15.7. The van der Waals surface area contributed by atoms with Gasteiger partial charge in [-0.15, -0.1) is 16.4 Å². The smallest absolute Gasteiger partial charge is 0.381 e. The van der Waals surface area contributed by atoms with E-state index in [0.717, 1.165) is 20.7 Å². The Labute approximate surface area is 178 Å². The van der Waals surface area contributed by atoms with Gasteiger partial charge in [-0.1, -0.05) is 5.21 Å². The molecule has 11 heteroatoms. The fourth-order valence-electron chi connectivity index (χ4n) is 4.39. The predicted molar refractivity (Wildman–Crippen MR) is 104 cm³/mol. The number of halogens is 4. The number of nitrogens with zero attached hydrogens (tertiary/aromatic N) is 4. The molecule has 29 heavy (non-hydrogen) atoms. The largest absolute Gasteiger partial charge is 0.471 e. The fraction of sp³-hybridized carbons (Fsp3) is 0.611. The molecule has 0 bridgehead atoms. The third kappa shape index (κ3) is 3.96. The maximum absolute atomic E-state index is 13.3. The minimum atomic E-state index is -4.92. The van der Waals surface area contributed by atoms with Crippen molar-refractivity contribution in [1.29, 1.82) is 0 Å². The summed E-state index contributed by atoms with van der Waals surface area (Å²) in [4.78, 5) is 14.3. The molecule has 4 heterocycles. The van der Waals surface area contributed by atoms with Gasteiger partial charge in [-0.3, -0.25) is 9.48 Å². The highest BCUT2D eigenvalue weighted by atomic mass is 79.9. The van der Waals surface area contributed by atoms with Gasteiger partial charge in [0.05, 0.1) is 22.6 Å². The lowest BCUT2D eigenvalue weighted by Gasteiger charge is -2.47. The predicted octanol–water partition coefficient (Wildman–Crippen LogP) is 3.77. The van der Waals surface area contributed by atoms with E-state index in [0.29, 0.717) is 38.2 Å². The first-order chi connectivity index (χ1) is 13.7. The first kappa shape index (κ1) is 20.8. The average molecular weight is 493 g/mol. The van der Waals surface area contributed by atoms with Gasteiger partial charge in [0.1, 0.15) is 5.69 Å². The second kappa shape index (κ2) is 7.66. The summed E-state index contributed by atoms with van der Waals surface area (Å²) in [5.41, 5.74) is 1.18. The van der Waals surface area contributed by atoms with E-state index in [1.54, 1.807) is 24.6 Å². The zero-order valence-corrected chi connectivity index (χ0v) is 18.1. The van der Waals surface area contributed by atoms with Crippen LogP contribution in [0.5, 0.6) is 0 Å². The van der Waals surface area contributed by atoms with Crippen molar-refractivity contribution in [1.82, 2.24) is 19.9 Å². The van der Waals surface area contributed by atoms with Gasteiger partial charge in [-0.2, -0.15) is 13.2 Å². The van der Waals surface area contributed by atoms with Gasteiger partial charge < -0.3 is 9.64 Å². The third-order valence-electron chi connectivity index (χ3n) is 5.76. The molecule has 0 aliphatic carbocycles. The highest BCUT2D eigenvalue weighted by Crippen LogP contribution is 2.51. The molecular formula is C18H20BrF3N4O2S. The quantitative estimate of drug-likeness (QED) is 0.607. The van der Waals surface area contributed by atoms with Crippen molar-refractivity contribution in [2.75, 3.05) is 19.8 Å². The molecule has 1 fully saturated rings. The monoisotopic (exact) mass is 492 g/mol. The number of aryl methyl sites for hydroxylation is 1. The van der Waals surface area contributed by atoms with Crippen LogP contribution >= 0.6 is 27.3 Å². The summed E-state index contributed by atoms with van der Waals surface area (Å²) in [6.07, 6.45) is -1.07. The second-order valence-corrected chi connectivity index (χ2v) is 10.0. The van der Waals surface area contributed by atoms with Gasteiger partial charge in [0.25, 0.3) is 0 Å². The van der Waals surface area contributed by atoms with Gasteiger partial charge in [0.2, 0.25) is 0 Å². The number of fused-ring (bicyclic) bond motifs is 2. The summed E-state index contributed by atoms with van der Waals surface area (Å²) in [7, 11) is 1.66. The molecule has 2 aliphatic rings. The van der Waals surface area contributed by atoms with Crippen LogP contribution in [0.3, 0.4) is 0 Å². The normalized spacial score (nSPS) is 25.6. The molecule has 2 atom stereocenters. The molecule has 6 nitrogen and oxygen atoms in total. The van der Waals surface area contributed by atoms with E-state index in [1.807, 2.05) is 0 Å². The van der Waals surface area contributed by atoms with Crippen LogP contribution in [0.25, 0.3) is 0 Å². The number of amides is 1. The van der Waals surface area contributed by atoms with Gasteiger partial charge in [-0.05, 0) is 53.2 Å². The summed E-state index contributed by atoms with van der Waals surface area (Å²) in [6.45, 7) is 1.17. The van der Waals surface area contributed by atoms with Crippen molar-refractivity contribution < 1.29 is 22.7 Å². The maximum atomic E-state index is 13.3. The van der Waals surface area contributed by atoms with Gasteiger partial charge in [0, 0.05) is 30.5 Å². The highest BCUT2D eigenvalue weighted by molar-refractivity contribution is 9.11. The highest BCUT2D eigenvalue weighted by Gasteiger charge is 2.51. The summed E-state index contributed by atoms with van der Waals surface area (Å²) < 4.78 is 48.0. The minimum Gasteiger partial charge on any atom is -0.381 e. The minimum absolute atomic E-state index is 0.00848. The Morgan fingerprint density at radius 3 is 2.86 bits per heavy atom. The molecule has 2 aromatic rings. The van der Waals surface area contributed by atoms with E-state index in [9.17, 15) is 18.0 Å². The maximum Gasteiger partial charge on any atom is 0.471 e. The van der Waals surface area contributed by atoms with Crippen molar-refractivity contribution >= 4 is 33.2 Å². The molecule has 0 aromatic carbocycles. The molecule has 2 unspecified atom stereocenters. The molecular weight excluding hydrogens is 473 g/mol. The van der Waals surface area contributed by atoms with Gasteiger partial charge in [0.15, 0.2) is 0 Å². The standard InChI is InChI=1S/C18H20BrF3N4O2S/c1-25-10-12(23-24-25)13-9-17(3-5-26(13)16(27)18(20,21)22)4-7-28-6-2-11-8-14(19)29-15(11)17/h8,10,13H,2-7,9H2,1H3. The fourth-order valence-corrected chi connectivity index (χ4v) is 6.34. The molecule has 2 aliphatic heterocycles. The van der Waals surface area contributed by atoms with E-state index in [2.05, 4.69) is 32.3 Å². The van der Waals surface area contributed by atoms with Crippen molar-refractivity contribution in [3.05, 3.63) is 32.2 Å². The molecule has 0 saturated carbocycles. The van der Waals surface area contributed by atoms with Crippen molar-refractivity contribution in [2.45, 2.75) is 43.3 Å².